The number of likely N-dealkylation sites (tertiary alicyclic amines) is 1. The molecule has 0 aromatic heterocycles. The van der Waals surface area contributed by atoms with Crippen molar-refractivity contribution in [3.63, 3.8) is 0 Å². The molecule has 1 aromatic carbocycles. The van der Waals surface area contributed by atoms with Crippen molar-refractivity contribution >= 4 is 0 Å². The van der Waals surface area contributed by atoms with Crippen molar-refractivity contribution in [1.82, 2.24) is 4.90 Å². The Balaban J connectivity index is 1.63. The Labute approximate surface area is 130 Å². The third kappa shape index (κ3) is 5.35. The molecule has 2 heteroatoms. The van der Waals surface area contributed by atoms with Crippen molar-refractivity contribution in [2.75, 3.05) is 26.2 Å². The zero-order valence-electron chi connectivity index (χ0n) is 14.2. The molecule has 1 heterocycles. The minimum Gasteiger partial charge on any atom is -0.493 e. The second-order valence-electron chi connectivity index (χ2n) is 7.03. The van der Waals surface area contributed by atoms with E-state index in [2.05, 4.69) is 50.8 Å². The molecule has 21 heavy (non-hydrogen) atoms. The minimum absolute atomic E-state index is 0.836. The predicted octanol–water partition coefficient (Wildman–Crippen LogP) is 4.44. The molecule has 2 nitrogen and oxygen atoms in total. The Kier molecular flexibility index (Phi) is 6.10. The molecule has 2 rings (SSSR count). The predicted molar refractivity (Wildman–Crippen MR) is 90.0 cm³/mol. The fraction of sp³-hybridized carbons (Fsp3) is 0.684. The molecule has 1 fully saturated rings. The van der Waals surface area contributed by atoms with Crippen LogP contribution in [-0.2, 0) is 0 Å². The zero-order chi connectivity index (χ0) is 15.2. The maximum absolute atomic E-state index is 5.90. The Hall–Kier alpha value is -1.02. The molecule has 1 saturated heterocycles. The zero-order valence-corrected chi connectivity index (χ0v) is 14.2. The summed E-state index contributed by atoms with van der Waals surface area (Å²) in [5.74, 6) is 2.77. The van der Waals surface area contributed by atoms with Crippen molar-refractivity contribution in [3.8, 4) is 5.75 Å². The lowest BCUT2D eigenvalue weighted by atomic mass is 9.92. The van der Waals surface area contributed by atoms with Crippen molar-refractivity contribution in [2.45, 2.75) is 47.0 Å². The van der Waals surface area contributed by atoms with Crippen LogP contribution >= 0.6 is 0 Å². The van der Waals surface area contributed by atoms with Gasteiger partial charge in [0, 0.05) is 13.1 Å². The van der Waals surface area contributed by atoms with Gasteiger partial charge in [-0.1, -0.05) is 31.5 Å². The van der Waals surface area contributed by atoms with E-state index in [9.17, 15) is 0 Å². The summed E-state index contributed by atoms with van der Waals surface area (Å²) >= 11 is 0. The van der Waals surface area contributed by atoms with Crippen molar-refractivity contribution in [3.05, 3.63) is 29.3 Å². The molecule has 0 amide bonds. The van der Waals surface area contributed by atoms with E-state index >= 15 is 0 Å². The lowest BCUT2D eigenvalue weighted by molar-refractivity contribution is 0.136. The number of aryl methyl sites for hydroxylation is 2. The third-order valence-electron chi connectivity index (χ3n) is 4.40. The van der Waals surface area contributed by atoms with Gasteiger partial charge in [0.1, 0.15) is 5.75 Å². The monoisotopic (exact) mass is 289 g/mol. The Morgan fingerprint density at radius 1 is 1.10 bits per heavy atom. The molecule has 118 valence electrons. The van der Waals surface area contributed by atoms with Crippen LogP contribution in [0.15, 0.2) is 18.2 Å². The van der Waals surface area contributed by atoms with Crippen LogP contribution in [0.2, 0.25) is 0 Å². The van der Waals surface area contributed by atoms with E-state index in [1.807, 2.05) is 0 Å². The van der Waals surface area contributed by atoms with Crippen LogP contribution < -0.4 is 4.74 Å². The summed E-state index contributed by atoms with van der Waals surface area (Å²) in [7, 11) is 0. The first-order valence-electron chi connectivity index (χ1n) is 8.47. The summed E-state index contributed by atoms with van der Waals surface area (Å²) in [6, 6.07) is 6.41. The van der Waals surface area contributed by atoms with E-state index in [0.29, 0.717) is 0 Å². The molecule has 1 aliphatic heterocycles. The van der Waals surface area contributed by atoms with E-state index in [-0.39, 0.29) is 0 Å². The lowest BCUT2D eigenvalue weighted by Crippen LogP contribution is -2.39. The first-order chi connectivity index (χ1) is 10.0. The van der Waals surface area contributed by atoms with Gasteiger partial charge in [-0.05, 0) is 63.1 Å². The fourth-order valence-corrected chi connectivity index (χ4v) is 3.56. The largest absolute Gasteiger partial charge is 0.493 e. The normalized spacial score (nSPS) is 23.2. The fourth-order valence-electron chi connectivity index (χ4n) is 3.56. The van der Waals surface area contributed by atoms with Crippen LogP contribution in [0.25, 0.3) is 0 Å². The average molecular weight is 289 g/mol. The van der Waals surface area contributed by atoms with Crippen LogP contribution in [0, 0.1) is 25.7 Å². The Morgan fingerprint density at radius 2 is 1.81 bits per heavy atom. The van der Waals surface area contributed by atoms with E-state index in [1.54, 1.807) is 0 Å². The first-order valence-corrected chi connectivity index (χ1v) is 8.47. The molecule has 2 atom stereocenters. The van der Waals surface area contributed by atoms with Crippen LogP contribution in [0.1, 0.15) is 44.2 Å². The van der Waals surface area contributed by atoms with Crippen LogP contribution in [0.5, 0.6) is 5.75 Å². The summed E-state index contributed by atoms with van der Waals surface area (Å²) < 4.78 is 5.90. The van der Waals surface area contributed by atoms with Crippen molar-refractivity contribution < 1.29 is 4.74 Å². The van der Waals surface area contributed by atoms with Gasteiger partial charge >= 0.3 is 0 Å². The number of rotatable bonds is 6. The molecule has 0 unspecified atom stereocenters. The number of piperidine rings is 1. The topological polar surface area (TPSA) is 12.5 Å². The van der Waals surface area contributed by atoms with E-state index < -0.39 is 0 Å². The van der Waals surface area contributed by atoms with Gasteiger partial charge in [0.15, 0.2) is 0 Å². The van der Waals surface area contributed by atoms with E-state index in [4.69, 9.17) is 4.74 Å². The van der Waals surface area contributed by atoms with Gasteiger partial charge in [-0.3, -0.25) is 0 Å². The third-order valence-corrected chi connectivity index (χ3v) is 4.40. The molecule has 0 N–H and O–H groups in total. The molecule has 0 bridgehead atoms. The average Bonchev–Trinajstić information content (AvgIpc) is 2.39. The van der Waals surface area contributed by atoms with E-state index in [1.165, 1.54) is 43.6 Å². The van der Waals surface area contributed by atoms with Gasteiger partial charge in [0.25, 0.3) is 0 Å². The highest BCUT2D eigenvalue weighted by atomic mass is 16.5. The molecule has 1 aromatic rings. The Bertz CT molecular complexity index is 433. The van der Waals surface area contributed by atoms with Gasteiger partial charge < -0.3 is 9.64 Å². The van der Waals surface area contributed by atoms with Gasteiger partial charge in [-0.25, -0.2) is 0 Å². The van der Waals surface area contributed by atoms with Gasteiger partial charge in [-0.15, -0.1) is 0 Å². The number of hydrogen-bond acceptors (Lipinski definition) is 2. The molecule has 0 aliphatic carbocycles. The van der Waals surface area contributed by atoms with Crippen LogP contribution in [0.3, 0.4) is 0 Å². The van der Waals surface area contributed by atoms with Crippen molar-refractivity contribution in [2.24, 2.45) is 11.8 Å². The van der Waals surface area contributed by atoms with Gasteiger partial charge in [0.05, 0.1) is 6.61 Å². The Morgan fingerprint density at radius 3 is 2.48 bits per heavy atom. The molecule has 0 spiro atoms. The summed E-state index contributed by atoms with van der Waals surface area (Å²) in [5.41, 5.74) is 2.54. The lowest BCUT2D eigenvalue weighted by Gasteiger charge is -2.34. The highest BCUT2D eigenvalue weighted by molar-refractivity contribution is 5.35. The smallest absolute Gasteiger partial charge is 0.122 e. The van der Waals surface area contributed by atoms with Gasteiger partial charge in [-0.2, -0.15) is 0 Å². The van der Waals surface area contributed by atoms with Crippen molar-refractivity contribution in [1.29, 1.82) is 0 Å². The second-order valence-corrected chi connectivity index (χ2v) is 7.03. The summed E-state index contributed by atoms with van der Waals surface area (Å²) in [5, 5.41) is 0. The number of hydrogen-bond donors (Lipinski definition) is 0. The molecule has 0 radical (unpaired) electrons. The SMILES string of the molecule is Cc1ccc(OCCCCN2C[C@H](C)C[C@@H](C)C2)c(C)c1. The highest BCUT2D eigenvalue weighted by Gasteiger charge is 2.20. The van der Waals surface area contributed by atoms with Crippen LogP contribution in [0.4, 0.5) is 0 Å². The standard InChI is InChI=1S/C19H31NO/c1-15-7-8-19(18(4)12-15)21-10-6-5-9-20-13-16(2)11-17(3)14-20/h7-8,12,16-17H,5-6,9-11,13-14H2,1-4H3/t16-,17-/m1/s1. The van der Waals surface area contributed by atoms with Crippen LogP contribution in [-0.4, -0.2) is 31.1 Å². The highest BCUT2D eigenvalue weighted by Crippen LogP contribution is 2.21. The number of nitrogens with zero attached hydrogens (tertiary/aromatic N) is 1. The number of benzene rings is 1. The second kappa shape index (κ2) is 7.84. The minimum atomic E-state index is 0.836. The molecule has 1 aliphatic rings. The summed E-state index contributed by atoms with van der Waals surface area (Å²) in [6.45, 7) is 13.6. The summed E-state index contributed by atoms with van der Waals surface area (Å²) in [6.07, 6.45) is 3.78. The molecule has 0 saturated carbocycles. The number of unbranched alkanes of at least 4 members (excludes halogenated alkanes) is 1. The maximum Gasteiger partial charge on any atom is 0.122 e. The number of ether oxygens (including phenoxy) is 1. The van der Waals surface area contributed by atoms with Gasteiger partial charge in [0.2, 0.25) is 0 Å². The summed E-state index contributed by atoms with van der Waals surface area (Å²) in [4.78, 5) is 2.63. The molecular formula is C19H31NO. The maximum atomic E-state index is 5.90. The molecular weight excluding hydrogens is 258 g/mol. The first kappa shape index (κ1) is 16.4. The quantitative estimate of drug-likeness (QED) is 0.718. The van der Waals surface area contributed by atoms with E-state index in [0.717, 1.165) is 30.6 Å².